The standard InChI is InChI=1S/C33H63O4/c1-3-5-7-9-11-13-15-17-19-21-23-25-28-32(34)36-30-27-31-37-33(35)29-26-24-22-20-18-16-14-12-10-8-6-4-2/h27H,3-26,28-31H2,1-2H3. The Balaban J connectivity index is 3.27. The van der Waals surface area contributed by atoms with E-state index < -0.39 is 0 Å². The lowest BCUT2D eigenvalue weighted by Gasteiger charge is -2.07. The van der Waals surface area contributed by atoms with E-state index in [-0.39, 0.29) is 25.2 Å². The van der Waals surface area contributed by atoms with Gasteiger partial charge < -0.3 is 9.47 Å². The van der Waals surface area contributed by atoms with Crippen LogP contribution in [-0.2, 0) is 19.1 Å². The van der Waals surface area contributed by atoms with Crippen molar-refractivity contribution >= 4 is 11.9 Å². The molecule has 0 saturated heterocycles. The van der Waals surface area contributed by atoms with Crippen molar-refractivity contribution in [2.75, 3.05) is 13.2 Å². The van der Waals surface area contributed by atoms with Crippen molar-refractivity contribution in [2.45, 2.75) is 181 Å². The first-order valence-electron chi connectivity index (χ1n) is 16.3. The van der Waals surface area contributed by atoms with Crippen molar-refractivity contribution in [1.82, 2.24) is 0 Å². The first kappa shape index (κ1) is 35.9. The Bertz CT molecular complexity index is 435. The molecule has 0 aliphatic rings. The van der Waals surface area contributed by atoms with E-state index in [1.165, 1.54) is 128 Å². The molecule has 4 nitrogen and oxygen atoms in total. The summed E-state index contributed by atoms with van der Waals surface area (Å²) in [5, 5.41) is 0. The number of hydrogen-bond donors (Lipinski definition) is 0. The van der Waals surface area contributed by atoms with Gasteiger partial charge in [0.2, 0.25) is 0 Å². The summed E-state index contributed by atoms with van der Waals surface area (Å²) in [6.45, 7) is 4.98. The molecule has 0 saturated carbocycles. The van der Waals surface area contributed by atoms with Gasteiger partial charge in [0.25, 0.3) is 0 Å². The van der Waals surface area contributed by atoms with Crippen LogP contribution in [0, 0.1) is 6.42 Å². The van der Waals surface area contributed by atoms with Crippen LogP contribution in [0.15, 0.2) is 0 Å². The van der Waals surface area contributed by atoms with Gasteiger partial charge in [-0.1, -0.05) is 155 Å². The van der Waals surface area contributed by atoms with E-state index >= 15 is 0 Å². The average molecular weight is 524 g/mol. The van der Waals surface area contributed by atoms with E-state index in [2.05, 4.69) is 13.8 Å². The number of rotatable bonds is 30. The number of unbranched alkanes of at least 4 members (excludes halogenated alkanes) is 22. The van der Waals surface area contributed by atoms with Gasteiger partial charge in [0.1, 0.15) is 0 Å². The summed E-state index contributed by atoms with van der Waals surface area (Å²) in [6.07, 6.45) is 33.6. The topological polar surface area (TPSA) is 52.6 Å². The molecule has 0 aliphatic heterocycles. The van der Waals surface area contributed by atoms with Gasteiger partial charge >= 0.3 is 11.9 Å². The summed E-state index contributed by atoms with van der Waals surface area (Å²) >= 11 is 0. The normalized spacial score (nSPS) is 11.1. The van der Waals surface area contributed by atoms with Gasteiger partial charge in [-0.25, -0.2) is 0 Å². The van der Waals surface area contributed by atoms with Crippen molar-refractivity contribution in [1.29, 1.82) is 0 Å². The third kappa shape index (κ3) is 31.1. The van der Waals surface area contributed by atoms with Gasteiger partial charge in [-0.2, -0.15) is 0 Å². The van der Waals surface area contributed by atoms with Crippen LogP contribution in [0.25, 0.3) is 0 Å². The highest BCUT2D eigenvalue weighted by Gasteiger charge is 2.05. The molecular formula is C33H63O4. The minimum absolute atomic E-state index is 0.147. The highest BCUT2D eigenvalue weighted by Crippen LogP contribution is 2.14. The zero-order valence-corrected chi connectivity index (χ0v) is 25.0. The fourth-order valence-electron chi connectivity index (χ4n) is 4.72. The van der Waals surface area contributed by atoms with Gasteiger partial charge in [0.15, 0.2) is 0 Å². The van der Waals surface area contributed by atoms with E-state index in [4.69, 9.17) is 9.47 Å². The molecule has 0 fully saturated rings. The van der Waals surface area contributed by atoms with Crippen LogP contribution in [0.1, 0.15) is 181 Å². The molecule has 0 aromatic carbocycles. The van der Waals surface area contributed by atoms with Crippen LogP contribution < -0.4 is 0 Å². The average Bonchev–Trinajstić information content (AvgIpc) is 2.89. The fraction of sp³-hybridized carbons (Fsp3) is 0.909. The molecule has 0 amide bonds. The molecule has 1 radical (unpaired) electrons. The predicted molar refractivity (Wildman–Crippen MR) is 158 cm³/mol. The lowest BCUT2D eigenvalue weighted by Crippen LogP contribution is -2.11. The van der Waals surface area contributed by atoms with E-state index in [1.807, 2.05) is 0 Å². The number of hydrogen-bond acceptors (Lipinski definition) is 4. The minimum Gasteiger partial charge on any atom is -0.465 e. The predicted octanol–water partition coefficient (Wildman–Crippen LogP) is 10.5. The molecule has 0 aromatic rings. The Morgan fingerprint density at radius 1 is 0.405 bits per heavy atom. The molecule has 0 aliphatic carbocycles. The largest absolute Gasteiger partial charge is 0.465 e. The van der Waals surface area contributed by atoms with E-state index in [0.29, 0.717) is 12.8 Å². The second-order valence-corrected chi connectivity index (χ2v) is 10.9. The van der Waals surface area contributed by atoms with Gasteiger partial charge in [0, 0.05) is 19.3 Å². The van der Waals surface area contributed by atoms with Crippen molar-refractivity contribution in [3.8, 4) is 0 Å². The summed E-state index contributed by atoms with van der Waals surface area (Å²) in [5.74, 6) is -0.294. The lowest BCUT2D eigenvalue weighted by molar-refractivity contribution is -0.144. The molecule has 4 heteroatoms. The number of ether oxygens (including phenoxy) is 2. The summed E-state index contributed by atoms with van der Waals surface area (Å²) < 4.78 is 10.4. The first-order valence-corrected chi connectivity index (χ1v) is 16.3. The lowest BCUT2D eigenvalue weighted by atomic mass is 10.0. The maximum atomic E-state index is 11.8. The quantitative estimate of drug-likeness (QED) is 0.0694. The first-order chi connectivity index (χ1) is 18.2. The van der Waals surface area contributed by atoms with Crippen LogP contribution in [0.4, 0.5) is 0 Å². The smallest absolute Gasteiger partial charge is 0.305 e. The molecule has 0 spiro atoms. The van der Waals surface area contributed by atoms with E-state index in [1.54, 1.807) is 6.42 Å². The molecule has 0 heterocycles. The van der Waals surface area contributed by atoms with Crippen molar-refractivity contribution < 1.29 is 19.1 Å². The molecule has 0 atom stereocenters. The second kappa shape index (κ2) is 31.2. The Kier molecular flexibility index (Phi) is 30.3. The highest BCUT2D eigenvalue weighted by molar-refractivity contribution is 5.69. The molecule has 0 N–H and O–H groups in total. The van der Waals surface area contributed by atoms with Crippen molar-refractivity contribution in [3.63, 3.8) is 0 Å². The molecule has 219 valence electrons. The molecule has 0 bridgehead atoms. The summed E-state index contributed by atoms with van der Waals surface area (Å²) in [7, 11) is 0. The fourth-order valence-corrected chi connectivity index (χ4v) is 4.72. The van der Waals surface area contributed by atoms with Gasteiger partial charge in [-0.3, -0.25) is 9.59 Å². The molecule has 0 aromatic heterocycles. The molecular weight excluding hydrogens is 460 g/mol. The van der Waals surface area contributed by atoms with Crippen molar-refractivity contribution in [3.05, 3.63) is 6.42 Å². The monoisotopic (exact) mass is 523 g/mol. The summed E-state index contributed by atoms with van der Waals surface area (Å²) in [5.41, 5.74) is 0. The zero-order chi connectivity index (χ0) is 27.1. The van der Waals surface area contributed by atoms with E-state index in [0.717, 1.165) is 25.7 Å². The van der Waals surface area contributed by atoms with Crippen LogP contribution in [0.5, 0.6) is 0 Å². The Hall–Kier alpha value is -1.06. The van der Waals surface area contributed by atoms with E-state index in [9.17, 15) is 9.59 Å². The maximum absolute atomic E-state index is 11.8. The highest BCUT2D eigenvalue weighted by atomic mass is 16.5. The van der Waals surface area contributed by atoms with Crippen LogP contribution >= 0.6 is 0 Å². The second-order valence-electron chi connectivity index (χ2n) is 10.9. The third-order valence-corrected chi connectivity index (χ3v) is 7.19. The number of carbonyl (C=O) groups is 2. The summed E-state index contributed by atoms with van der Waals surface area (Å²) in [4.78, 5) is 23.6. The van der Waals surface area contributed by atoms with Crippen LogP contribution in [0.2, 0.25) is 0 Å². The van der Waals surface area contributed by atoms with Crippen molar-refractivity contribution in [2.24, 2.45) is 0 Å². The molecule has 37 heavy (non-hydrogen) atoms. The van der Waals surface area contributed by atoms with Crippen LogP contribution in [-0.4, -0.2) is 25.2 Å². The molecule has 0 unspecified atom stereocenters. The van der Waals surface area contributed by atoms with Gasteiger partial charge in [-0.05, 0) is 12.8 Å². The SMILES string of the molecule is CCCCCCCCCCCCCCC(=O)OC[CH]COC(=O)CCCCCCCCCCCCCC. The maximum Gasteiger partial charge on any atom is 0.305 e. The van der Waals surface area contributed by atoms with Gasteiger partial charge in [0.05, 0.1) is 13.2 Å². The Morgan fingerprint density at radius 2 is 0.649 bits per heavy atom. The Morgan fingerprint density at radius 3 is 0.919 bits per heavy atom. The summed E-state index contributed by atoms with van der Waals surface area (Å²) in [6, 6.07) is 0. The molecule has 0 rings (SSSR count). The zero-order valence-electron chi connectivity index (χ0n) is 25.0. The number of esters is 2. The Labute approximate surface area is 231 Å². The van der Waals surface area contributed by atoms with Crippen LogP contribution in [0.3, 0.4) is 0 Å². The third-order valence-electron chi connectivity index (χ3n) is 7.19. The van der Waals surface area contributed by atoms with Gasteiger partial charge in [-0.15, -0.1) is 0 Å². The number of carbonyl (C=O) groups excluding carboxylic acids is 2. The minimum atomic E-state index is -0.147.